The van der Waals surface area contributed by atoms with Gasteiger partial charge in [0.15, 0.2) is 0 Å². The molecule has 0 bridgehead atoms. The van der Waals surface area contributed by atoms with Gasteiger partial charge in [-0.05, 0) is 35.9 Å². The fourth-order valence-electron chi connectivity index (χ4n) is 2.54. The Kier molecular flexibility index (Phi) is 7.23. The second-order valence-electron chi connectivity index (χ2n) is 6.26. The van der Waals surface area contributed by atoms with Gasteiger partial charge >= 0.3 is 0 Å². The number of methoxy groups -OCH3 is 1. The molecule has 0 heterocycles. The number of hydrogen-bond donors (Lipinski definition) is 0. The number of nitrogens with zero attached hydrogens (tertiary/aromatic N) is 2. The van der Waals surface area contributed by atoms with Crippen molar-refractivity contribution in [1.82, 2.24) is 9.21 Å². The molecule has 150 valence electrons. The third-order valence-electron chi connectivity index (χ3n) is 4.11. The van der Waals surface area contributed by atoms with Crippen molar-refractivity contribution < 1.29 is 17.9 Å². The van der Waals surface area contributed by atoms with Crippen LogP contribution in [0.3, 0.4) is 0 Å². The molecule has 2 aromatic carbocycles. The molecule has 1 amide bonds. The monoisotopic (exact) mass is 422 g/mol. The minimum absolute atomic E-state index is 0.0654. The van der Waals surface area contributed by atoms with Crippen LogP contribution in [-0.4, -0.2) is 51.3 Å². The van der Waals surface area contributed by atoms with Crippen molar-refractivity contribution in [1.29, 1.82) is 0 Å². The predicted octanol–water partition coefficient (Wildman–Crippen LogP) is 3.43. The SMILES string of the molecule is C=CCN(Cc1ccc(OC)cc1)C(=O)c1ccc(Cl)c(S(=O)(=O)N(C)C)c1. The zero-order valence-electron chi connectivity index (χ0n) is 16.1. The molecule has 0 saturated heterocycles. The first-order valence-electron chi connectivity index (χ1n) is 8.46. The average Bonchev–Trinajstić information content (AvgIpc) is 2.67. The summed E-state index contributed by atoms with van der Waals surface area (Å²) in [6.07, 6.45) is 1.62. The smallest absolute Gasteiger partial charge is 0.254 e. The van der Waals surface area contributed by atoms with Crippen LogP contribution in [0.2, 0.25) is 5.02 Å². The van der Waals surface area contributed by atoms with Crippen molar-refractivity contribution >= 4 is 27.5 Å². The van der Waals surface area contributed by atoms with Gasteiger partial charge in [-0.2, -0.15) is 0 Å². The molecule has 28 heavy (non-hydrogen) atoms. The molecule has 0 aliphatic rings. The fraction of sp³-hybridized carbons (Fsp3) is 0.250. The number of hydrogen-bond acceptors (Lipinski definition) is 4. The van der Waals surface area contributed by atoms with Gasteiger partial charge in [-0.3, -0.25) is 4.79 Å². The molecule has 2 rings (SSSR count). The Morgan fingerprint density at radius 3 is 2.36 bits per heavy atom. The van der Waals surface area contributed by atoms with Crippen LogP contribution in [0.4, 0.5) is 0 Å². The van der Waals surface area contributed by atoms with E-state index in [2.05, 4.69) is 6.58 Å². The lowest BCUT2D eigenvalue weighted by Crippen LogP contribution is -2.31. The zero-order valence-corrected chi connectivity index (χ0v) is 17.6. The second kappa shape index (κ2) is 9.23. The summed E-state index contributed by atoms with van der Waals surface area (Å²) < 4.78 is 31.1. The Balaban J connectivity index is 2.35. The Morgan fingerprint density at radius 2 is 1.82 bits per heavy atom. The van der Waals surface area contributed by atoms with Crippen molar-refractivity contribution in [2.24, 2.45) is 0 Å². The van der Waals surface area contributed by atoms with Crippen LogP contribution in [0.1, 0.15) is 15.9 Å². The number of benzene rings is 2. The third-order valence-corrected chi connectivity index (χ3v) is 6.40. The number of carbonyl (C=O) groups excluding carboxylic acids is 1. The number of rotatable bonds is 8. The lowest BCUT2D eigenvalue weighted by atomic mass is 10.1. The largest absolute Gasteiger partial charge is 0.497 e. The first kappa shape index (κ1) is 21.9. The summed E-state index contributed by atoms with van der Waals surface area (Å²) in [5.74, 6) is 0.407. The Bertz CT molecular complexity index is 957. The van der Waals surface area contributed by atoms with Crippen molar-refractivity contribution in [3.63, 3.8) is 0 Å². The van der Waals surface area contributed by atoms with E-state index < -0.39 is 10.0 Å². The van der Waals surface area contributed by atoms with Gasteiger partial charge in [0.2, 0.25) is 10.0 Å². The lowest BCUT2D eigenvalue weighted by molar-refractivity contribution is 0.0762. The summed E-state index contributed by atoms with van der Waals surface area (Å²) in [5, 5.41) is 0.0654. The van der Waals surface area contributed by atoms with Gasteiger partial charge in [-0.25, -0.2) is 12.7 Å². The van der Waals surface area contributed by atoms with Crippen molar-refractivity contribution in [2.75, 3.05) is 27.7 Å². The molecule has 0 aliphatic heterocycles. The van der Waals surface area contributed by atoms with Crippen LogP contribution in [0.25, 0.3) is 0 Å². The molecular formula is C20H23ClN2O4S. The van der Waals surface area contributed by atoms with Crippen LogP contribution < -0.4 is 4.74 Å². The van der Waals surface area contributed by atoms with Gasteiger partial charge in [0.1, 0.15) is 10.6 Å². The van der Waals surface area contributed by atoms with Crippen molar-refractivity contribution in [3.8, 4) is 5.75 Å². The summed E-state index contributed by atoms with van der Waals surface area (Å²) in [7, 11) is 0.635. The second-order valence-corrected chi connectivity index (χ2v) is 8.78. The topological polar surface area (TPSA) is 66.9 Å². The molecule has 0 fully saturated rings. The number of halogens is 1. The Labute approximate surface area is 171 Å². The van der Waals surface area contributed by atoms with E-state index >= 15 is 0 Å². The summed E-state index contributed by atoms with van der Waals surface area (Å²) in [6.45, 7) is 4.35. The van der Waals surface area contributed by atoms with Crippen LogP contribution in [-0.2, 0) is 16.6 Å². The van der Waals surface area contributed by atoms with Gasteiger partial charge in [0.05, 0.1) is 12.1 Å². The maximum absolute atomic E-state index is 13.0. The lowest BCUT2D eigenvalue weighted by Gasteiger charge is -2.22. The van der Waals surface area contributed by atoms with Gasteiger partial charge in [-0.1, -0.05) is 29.8 Å². The Morgan fingerprint density at radius 1 is 1.18 bits per heavy atom. The van der Waals surface area contributed by atoms with Gasteiger partial charge < -0.3 is 9.64 Å². The number of amides is 1. The number of ether oxygens (including phenoxy) is 1. The minimum Gasteiger partial charge on any atom is -0.497 e. The Hall–Kier alpha value is -2.35. The molecule has 0 radical (unpaired) electrons. The summed E-state index contributed by atoms with van der Waals surface area (Å²) >= 11 is 6.07. The van der Waals surface area contributed by atoms with Crippen LogP contribution in [0.5, 0.6) is 5.75 Å². The van der Waals surface area contributed by atoms with Gasteiger partial charge in [-0.15, -0.1) is 6.58 Å². The molecule has 0 spiro atoms. The number of carbonyl (C=O) groups is 1. The van der Waals surface area contributed by atoms with E-state index in [4.69, 9.17) is 16.3 Å². The van der Waals surface area contributed by atoms with Gasteiger partial charge in [0.25, 0.3) is 5.91 Å². The average molecular weight is 423 g/mol. The molecule has 0 aromatic heterocycles. The standard InChI is InChI=1S/C20H23ClN2O4S/c1-5-12-23(14-15-6-9-17(27-4)10-7-15)20(24)16-8-11-18(21)19(13-16)28(25,26)22(2)3/h5-11,13H,1,12,14H2,2-4H3. The first-order valence-corrected chi connectivity index (χ1v) is 10.3. The normalized spacial score (nSPS) is 11.3. The van der Waals surface area contributed by atoms with Gasteiger partial charge in [0, 0.05) is 32.7 Å². The summed E-state index contributed by atoms with van der Waals surface area (Å²) in [5.41, 5.74) is 1.14. The van der Waals surface area contributed by atoms with E-state index in [-0.39, 0.29) is 21.4 Å². The van der Waals surface area contributed by atoms with E-state index in [0.29, 0.717) is 13.1 Å². The van der Waals surface area contributed by atoms with E-state index in [9.17, 15) is 13.2 Å². The highest BCUT2D eigenvalue weighted by atomic mass is 35.5. The molecule has 8 heteroatoms. The number of sulfonamides is 1. The van der Waals surface area contributed by atoms with Crippen LogP contribution >= 0.6 is 11.6 Å². The molecular weight excluding hydrogens is 400 g/mol. The first-order chi connectivity index (χ1) is 13.2. The van der Waals surface area contributed by atoms with E-state index in [0.717, 1.165) is 15.6 Å². The molecule has 0 aliphatic carbocycles. The maximum atomic E-state index is 13.0. The molecule has 0 unspecified atom stereocenters. The highest BCUT2D eigenvalue weighted by molar-refractivity contribution is 7.89. The highest BCUT2D eigenvalue weighted by Gasteiger charge is 2.24. The predicted molar refractivity (Wildman–Crippen MR) is 110 cm³/mol. The molecule has 0 atom stereocenters. The minimum atomic E-state index is -3.77. The quantitative estimate of drug-likeness (QED) is 0.611. The van der Waals surface area contributed by atoms with E-state index in [1.54, 1.807) is 18.1 Å². The van der Waals surface area contributed by atoms with Crippen molar-refractivity contribution in [2.45, 2.75) is 11.4 Å². The van der Waals surface area contributed by atoms with E-state index in [1.807, 2.05) is 24.3 Å². The highest BCUT2D eigenvalue weighted by Crippen LogP contribution is 2.25. The molecule has 0 N–H and O–H groups in total. The molecule has 2 aromatic rings. The third kappa shape index (κ3) is 4.92. The van der Waals surface area contributed by atoms with Crippen LogP contribution in [0.15, 0.2) is 60.0 Å². The summed E-state index contributed by atoms with van der Waals surface area (Å²) in [4.78, 5) is 14.5. The fourth-order valence-corrected chi connectivity index (χ4v) is 3.93. The van der Waals surface area contributed by atoms with Crippen molar-refractivity contribution in [3.05, 3.63) is 71.3 Å². The molecule has 6 nitrogen and oxygen atoms in total. The zero-order chi connectivity index (χ0) is 20.9. The summed E-state index contributed by atoms with van der Waals surface area (Å²) in [6, 6.07) is 11.6. The van der Waals surface area contributed by atoms with E-state index in [1.165, 1.54) is 32.3 Å². The maximum Gasteiger partial charge on any atom is 0.254 e. The molecule has 0 saturated carbocycles. The van der Waals surface area contributed by atoms with Crippen LogP contribution in [0, 0.1) is 0 Å².